The summed E-state index contributed by atoms with van der Waals surface area (Å²) < 4.78 is 5.34. The van der Waals surface area contributed by atoms with Crippen LogP contribution in [0.2, 0.25) is 0 Å². The van der Waals surface area contributed by atoms with E-state index in [0.29, 0.717) is 23.0 Å². The fourth-order valence-corrected chi connectivity index (χ4v) is 3.94. The van der Waals surface area contributed by atoms with Crippen molar-refractivity contribution in [1.29, 1.82) is 0 Å². The van der Waals surface area contributed by atoms with E-state index in [1.165, 1.54) is 0 Å². The topological polar surface area (TPSA) is 62.4 Å². The number of benzene rings is 2. The zero-order valence-corrected chi connectivity index (χ0v) is 15.5. The second-order valence-electron chi connectivity index (χ2n) is 6.98. The third kappa shape index (κ3) is 3.10. The Morgan fingerprint density at radius 3 is 2.81 bits per heavy atom. The molecule has 2 heterocycles. The van der Waals surface area contributed by atoms with Crippen LogP contribution in [0.1, 0.15) is 40.5 Å². The molecule has 0 saturated carbocycles. The number of carbonyl (C=O) groups excluding carboxylic acids is 1. The van der Waals surface area contributed by atoms with Crippen molar-refractivity contribution >= 4 is 16.8 Å². The molecule has 0 bridgehead atoms. The molecule has 1 aliphatic heterocycles. The lowest BCUT2D eigenvalue weighted by Gasteiger charge is -2.26. The van der Waals surface area contributed by atoms with Crippen molar-refractivity contribution in [2.75, 3.05) is 13.7 Å². The van der Waals surface area contributed by atoms with Gasteiger partial charge in [-0.3, -0.25) is 9.59 Å². The Kier molecular flexibility index (Phi) is 4.44. The maximum absolute atomic E-state index is 13.4. The van der Waals surface area contributed by atoms with Crippen molar-refractivity contribution in [1.82, 2.24) is 9.88 Å². The van der Waals surface area contributed by atoms with E-state index >= 15 is 0 Å². The monoisotopic (exact) mass is 362 g/mol. The number of likely N-dealkylation sites (tertiary alicyclic amines) is 1. The highest BCUT2D eigenvalue weighted by atomic mass is 16.5. The second-order valence-corrected chi connectivity index (χ2v) is 6.98. The van der Waals surface area contributed by atoms with Crippen LogP contribution >= 0.6 is 0 Å². The number of aryl methyl sites for hydroxylation is 1. The number of amides is 1. The fourth-order valence-electron chi connectivity index (χ4n) is 3.94. The number of fused-ring (bicyclic) bond motifs is 1. The van der Waals surface area contributed by atoms with Crippen LogP contribution in [0.5, 0.6) is 5.75 Å². The molecule has 1 atom stereocenters. The molecule has 3 aromatic rings. The van der Waals surface area contributed by atoms with E-state index < -0.39 is 0 Å². The largest absolute Gasteiger partial charge is 0.497 e. The van der Waals surface area contributed by atoms with E-state index in [4.69, 9.17) is 4.74 Å². The maximum Gasteiger partial charge on any atom is 0.256 e. The number of H-pyrrole nitrogens is 1. The Labute approximate surface area is 157 Å². The summed E-state index contributed by atoms with van der Waals surface area (Å²) in [4.78, 5) is 30.8. The third-order valence-electron chi connectivity index (χ3n) is 5.22. The molecule has 1 N–H and O–H groups in total. The molecular formula is C22H22N2O3. The Morgan fingerprint density at radius 1 is 1.19 bits per heavy atom. The first kappa shape index (κ1) is 17.3. The number of methoxy groups -OCH3 is 1. The van der Waals surface area contributed by atoms with Gasteiger partial charge in [-0.05, 0) is 49.6 Å². The van der Waals surface area contributed by atoms with Crippen LogP contribution < -0.4 is 10.2 Å². The van der Waals surface area contributed by atoms with Gasteiger partial charge < -0.3 is 14.6 Å². The number of aromatic amines is 1. The second kappa shape index (κ2) is 6.91. The first-order valence-electron chi connectivity index (χ1n) is 9.16. The number of nitrogens with zero attached hydrogens (tertiary/aromatic N) is 1. The van der Waals surface area contributed by atoms with Gasteiger partial charge in [0.25, 0.3) is 5.91 Å². The van der Waals surface area contributed by atoms with Gasteiger partial charge in [0, 0.05) is 23.7 Å². The lowest BCUT2D eigenvalue weighted by Crippen LogP contribution is -2.31. The summed E-state index contributed by atoms with van der Waals surface area (Å²) in [5.41, 5.74) is 2.91. The average Bonchev–Trinajstić information content (AvgIpc) is 3.17. The molecule has 0 spiro atoms. The van der Waals surface area contributed by atoms with Crippen molar-refractivity contribution < 1.29 is 9.53 Å². The first-order chi connectivity index (χ1) is 13.1. The van der Waals surface area contributed by atoms with Gasteiger partial charge in [0.1, 0.15) is 5.75 Å². The van der Waals surface area contributed by atoms with Gasteiger partial charge in [-0.25, -0.2) is 0 Å². The highest BCUT2D eigenvalue weighted by Gasteiger charge is 2.31. The molecule has 1 fully saturated rings. The Morgan fingerprint density at radius 2 is 2.00 bits per heavy atom. The summed E-state index contributed by atoms with van der Waals surface area (Å²) >= 11 is 0. The number of para-hydroxylation sites is 1. The minimum Gasteiger partial charge on any atom is -0.497 e. The number of aromatic nitrogens is 1. The quantitative estimate of drug-likeness (QED) is 0.770. The molecule has 0 radical (unpaired) electrons. The molecule has 1 aliphatic rings. The summed E-state index contributed by atoms with van der Waals surface area (Å²) in [7, 11) is 1.64. The molecule has 1 saturated heterocycles. The van der Waals surface area contributed by atoms with Crippen molar-refractivity contribution in [2.24, 2.45) is 0 Å². The number of hydrogen-bond acceptors (Lipinski definition) is 3. The van der Waals surface area contributed by atoms with Gasteiger partial charge in [0.2, 0.25) is 0 Å². The minimum atomic E-state index is -0.0679. The standard InChI is InChI=1S/C22H22N2O3/c1-14-12-20(25)17-8-4-9-18(21(17)23-14)22(26)24-11-5-10-19(24)15-6-3-7-16(13-15)27-2/h3-4,6-9,12-13,19H,5,10-11H2,1-2H3,(H,23,25)/t19-/m0/s1. The Balaban J connectivity index is 1.76. The van der Waals surface area contributed by atoms with Gasteiger partial charge in [-0.15, -0.1) is 0 Å². The smallest absolute Gasteiger partial charge is 0.256 e. The predicted molar refractivity (Wildman–Crippen MR) is 105 cm³/mol. The van der Waals surface area contributed by atoms with Crippen LogP contribution in [-0.2, 0) is 0 Å². The molecule has 5 heteroatoms. The summed E-state index contributed by atoms with van der Waals surface area (Å²) in [6.45, 7) is 2.53. The summed E-state index contributed by atoms with van der Waals surface area (Å²) in [6, 6.07) is 14.8. The lowest BCUT2D eigenvalue weighted by molar-refractivity contribution is 0.0737. The fraction of sp³-hybridized carbons (Fsp3) is 0.273. The number of ether oxygens (including phenoxy) is 1. The molecule has 0 unspecified atom stereocenters. The number of nitrogens with one attached hydrogen (secondary N) is 1. The van der Waals surface area contributed by atoms with Crippen LogP contribution in [0, 0.1) is 6.92 Å². The Hall–Kier alpha value is -3.08. The number of rotatable bonds is 3. The number of pyridine rings is 1. The first-order valence-corrected chi connectivity index (χ1v) is 9.16. The molecule has 0 aliphatic carbocycles. The van der Waals surface area contributed by atoms with E-state index in [0.717, 1.165) is 29.8 Å². The molecule has 27 heavy (non-hydrogen) atoms. The van der Waals surface area contributed by atoms with Gasteiger partial charge in [0.05, 0.1) is 24.2 Å². The van der Waals surface area contributed by atoms with Gasteiger partial charge in [0.15, 0.2) is 5.43 Å². The molecule has 138 valence electrons. The van der Waals surface area contributed by atoms with Crippen molar-refractivity contribution in [2.45, 2.75) is 25.8 Å². The number of hydrogen-bond donors (Lipinski definition) is 1. The lowest BCUT2D eigenvalue weighted by atomic mass is 10.0. The van der Waals surface area contributed by atoms with Crippen LogP contribution in [0.3, 0.4) is 0 Å². The van der Waals surface area contributed by atoms with Gasteiger partial charge in [-0.1, -0.05) is 18.2 Å². The van der Waals surface area contributed by atoms with Crippen LogP contribution in [0.25, 0.3) is 10.9 Å². The zero-order valence-electron chi connectivity index (χ0n) is 15.5. The zero-order chi connectivity index (χ0) is 19.0. The van der Waals surface area contributed by atoms with E-state index in [1.54, 1.807) is 31.4 Å². The van der Waals surface area contributed by atoms with Crippen molar-refractivity contribution in [3.8, 4) is 5.75 Å². The highest BCUT2D eigenvalue weighted by molar-refractivity contribution is 6.05. The predicted octanol–water partition coefficient (Wildman–Crippen LogP) is 3.82. The number of carbonyl (C=O) groups is 1. The summed E-state index contributed by atoms with van der Waals surface area (Å²) in [6.07, 6.45) is 1.87. The van der Waals surface area contributed by atoms with Gasteiger partial charge in [-0.2, -0.15) is 0 Å². The third-order valence-corrected chi connectivity index (χ3v) is 5.22. The van der Waals surface area contributed by atoms with Crippen LogP contribution in [-0.4, -0.2) is 29.4 Å². The summed E-state index contributed by atoms with van der Waals surface area (Å²) in [5.74, 6) is 0.740. The van der Waals surface area contributed by atoms with Crippen LogP contribution in [0.15, 0.2) is 53.3 Å². The Bertz CT molecular complexity index is 1070. The molecule has 1 amide bonds. The molecule has 1 aromatic heterocycles. The molecular weight excluding hydrogens is 340 g/mol. The summed E-state index contributed by atoms with van der Waals surface area (Å²) in [5, 5.41) is 0.545. The van der Waals surface area contributed by atoms with Gasteiger partial charge >= 0.3 is 0 Å². The normalized spacial score (nSPS) is 16.7. The highest BCUT2D eigenvalue weighted by Crippen LogP contribution is 2.35. The van der Waals surface area contributed by atoms with E-state index in [9.17, 15) is 9.59 Å². The van der Waals surface area contributed by atoms with Crippen molar-refractivity contribution in [3.63, 3.8) is 0 Å². The maximum atomic E-state index is 13.4. The van der Waals surface area contributed by atoms with E-state index in [2.05, 4.69) is 4.98 Å². The van der Waals surface area contributed by atoms with Crippen LogP contribution in [0.4, 0.5) is 0 Å². The molecule has 2 aromatic carbocycles. The average molecular weight is 362 g/mol. The molecule has 5 nitrogen and oxygen atoms in total. The minimum absolute atomic E-state index is 0.0133. The van der Waals surface area contributed by atoms with E-state index in [1.807, 2.05) is 36.1 Å². The van der Waals surface area contributed by atoms with Crippen molar-refractivity contribution in [3.05, 3.63) is 75.6 Å². The SMILES string of the molecule is COc1cccc([C@@H]2CCCN2C(=O)c2cccc3c(=O)cc(C)[nH]c23)c1. The molecule has 4 rings (SSSR count). The van der Waals surface area contributed by atoms with E-state index in [-0.39, 0.29) is 17.4 Å².